The van der Waals surface area contributed by atoms with Gasteiger partial charge >= 0.3 is 0 Å². The smallest absolute Gasteiger partial charge is 0.164 e. The fraction of sp³-hybridized carbons (Fsp3) is 0.0714. The Morgan fingerprint density at radius 1 is 1.26 bits per heavy atom. The molecular weight excluding hydrogens is 375 g/mol. The number of nitrogens with one attached hydrogen (secondary N) is 1. The number of pyridine rings is 1. The number of benzene rings is 1. The molecule has 3 aromatic rings. The number of halogens is 2. The largest absolute Gasteiger partial charge is 0.454 e. The SMILES string of the molecule is Clc1cc(NCc2ccc(I)o2)c2ncccc2c1. The first-order valence-electron chi connectivity index (χ1n) is 5.75. The van der Waals surface area contributed by atoms with E-state index in [0.717, 1.165) is 26.1 Å². The molecule has 3 rings (SSSR count). The molecule has 0 unspecified atom stereocenters. The zero-order valence-electron chi connectivity index (χ0n) is 9.86. The summed E-state index contributed by atoms with van der Waals surface area (Å²) in [7, 11) is 0. The van der Waals surface area contributed by atoms with E-state index in [1.807, 2.05) is 36.4 Å². The number of hydrogen-bond acceptors (Lipinski definition) is 3. The Labute approximate surface area is 129 Å². The monoisotopic (exact) mass is 384 g/mol. The molecule has 0 saturated carbocycles. The number of fused-ring (bicyclic) bond motifs is 1. The maximum atomic E-state index is 6.12. The van der Waals surface area contributed by atoms with E-state index in [-0.39, 0.29) is 0 Å². The number of aromatic nitrogens is 1. The van der Waals surface area contributed by atoms with E-state index in [2.05, 4.69) is 32.9 Å². The van der Waals surface area contributed by atoms with Gasteiger partial charge in [0.1, 0.15) is 5.76 Å². The van der Waals surface area contributed by atoms with Crippen molar-refractivity contribution in [2.75, 3.05) is 5.32 Å². The molecule has 3 nitrogen and oxygen atoms in total. The second kappa shape index (κ2) is 5.38. The first kappa shape index (κ1) is 12.7. The van der Waals surface area contributed by atoms with Gasteiger partial charge in [0.05, 0.1) is 17.7 Å². The van der Waals surface area contributed by atoms with Crippen LogP contribution < -0.4 is 5.32 Å². The van der Waals surface area contributed by atoms with Gasteiger partial charge in [0.25, 0.3) is 0 Å². The molecular formula is C14H10ClIN2O. The van der Waals surface area contributed by atoms with Crippen LogP contribution in [0.2, 0.25) is 5.02 Å². The lowest BCUT2D eigenvalue weighted by Crippen LogP contribution is -1.99. The minimum Gasteiger partial charge on any atom is -0.454 e. The first-order chi connectivity index (χ1) is 9.22. The van der Waals surface area contributed by atoms with Crippen LogP contribution in [0.25, 0.3) is 10.9 Å². The van der Waals surface area contributed by atoms with Crippen molar-refractivity contribution in [1.82, 2.24) is 4.98 Å². The maximum Gasteiger partial charge on any atom is 0.164 e. The fourth-order valence-corrected chi connectivity index (χ4v) is 2.61. The molecule has 2 aromatic heterocycles. The quantitative estimate of drug-likeness (QED) is 0.665. The summed E-state index contributed by atoms with van der Waals surface area (Å²) in [4.78, 5) is 4.39. The van der Waals surface area contributed by atoms with Crippen LogP contribution in [0.4, 0.5) is 5.69 Å². The highest BCUT2D eigenvalue weighted by Gasteiger charge is 2.05. The molecule has 0 spiro atoms. The first-order valence-corrected chi connectivity index (χ1v) is 7.20. The molecule has 96 valence electrons. The standard InChI is InChI=1S/C14H10ClIN2O/c15-10-6-9-2-1-5-17-14(9)12(7-10)18-8-11-3-4-13(16)19-11/h1-7,18H,8H2. The van der Waals surface area contributed by atoms with E-state index in [1.54, 1.807) is 6.20 Å². The van der Waals surface area contributed by atoms with Crippen molar-refractivity contribution in [3.8, 4) is 0 Å². The summed E-state index contributed by atoms with van der Waals surface area (Å²) in [5.41, 5.74) is 1.82. The third-order valence-corrected chi connectivity index (χ3v) is 3.55. The molecule has 1 N–H and O–H groups in total. The van der Waals surface area contributed by atoms with E-state index in [4.69, 9.17) is 16.0 Å². The molecule has 0 fully saturated rings. The molecule has 0 saturated heterocycles. The van der Waals surface area contributed by atoms with Gasteiger partial charge in [-0.15, -0.1) is 0 Å². The molecule has 0 amide bonds. The van der Waals surface area contributed by atoms with Gasteiger partial charge in [0.15, 0.2) is 3.77 Å². The van der Waals surface area contributed by atoms with Crippen molar-refractivity contribution < 1.29 is 4.42 Å². The summed E-state index contributed by atoms with van der Waals surface area (Å²) < 4.78 is 6.40. The van der Waals surface area contributed by atoms with E-state index >= 15 is 0 Å². The van der Waals surface area contributed by atoms with Crippen LogP contribution in [-0.4, -0.2) is 4.98 Å². The zero-order valence-corrected chi connectivity index (χ0v) is 12.8. The third-order valence-electron chi connectivity index (χ3n) is 2.75. The van der Waals surface area contributed by atoms with Gasteiger partial charge in [-0.1, -0.05) is 17.7 Å². The Hall–Kier alpha value is -1.27. The summed E-state index contributed by atoms with van der Waals surface area (Å²) in [6, 6.07) is 11.6. The van der Waals surface area contributed by atoms with Crippen molar-refractivity contribution in [2.45, 2.75) is 6.54 Å². The van der Waals surface area contributed by atoms with Crippen LogP contribution in [-0.2, 0) is 6.54 Å². The van der Waals surface area contributed by atoms with Crippen molar-refractivity contribution in [1.29, 1.82) is 0 Å². The second-order valence-electron chi connectivity index (χ2n) is 4.09. The normalized spacial score (nSPS) is 10.8. The molecule has 1 aromatic carbocycles. The van der Waals surface area contributed by atoms with Gasteiger partial charge in [-0.25, -0.2) is 0 Å². The highest BCUT2D eigenvalue weighted by atomic mass is 127. The predicted molar refractivity (Wildman–Crippen MR) is 85.5 cm³/mol. The van der Waals surface area contributed by atoms with Gasteiger partial charge in [-0.3, -0.25) is 4.98 Å². The summed E-state index contributed by atoms with van der Waals surface area (Å²) in [6.07, 6.45) is 1.78. The van der Waals surface area contributed by atoms with Crippen LogP contribution in [0.3, 0.4) is 0 Å². The summed E-state index contributed by atoms with van der Waals surface area (Å²) in [6.45, 7) is 0.606. The average Bonchev–Trinajstić information content (AvgIpc) is 2.81. The summed E-state index contributed by atoms with van der Waals surface area (Å²) >= 11 is 8.26. The fourth-order valence-electron chi connectivity index (χ4n) is 1.92. The van der Waals surface area contributed by atoms with E-state index in [9.17, 15) is 0 Å². The molecule has 0 radical (unpaired) electrons. The predicted octanol–water partition coefficient (Wildman–Crippen LogP) is 4.70. The lowest BCUT2D eigenvalue weighted by molar-refractivity contribution is 0.493. The third kappa shape index (κ3) is 2.84. The molecule has 0 aliphatic heterocycles. The Balaban J connectivity index is 1.91. The van der Waals surface area contributed by atoms with E-state index < -0.39 is 0 Å². The number of anilines is 1. The molecule has 5 heteroatoms. The van der Waals surface area contributed by atoms with Crippen molar-refractivity contribution in [3.05, 3.63) is 57.1 Å². The molecule has 0 aliphatic rings. The highest BCUT2D eigenvalue weighted by Crippen LogP contribution is 2.26. The zero-order chi connectivity index (χ0) is 13.2. The van der Waals surface area contributed by atoms with Gasteiger partial charge in [0.2, 0.25) is 0 Å². The minimum absolute atomic E-state index is 0.606. The molecule has 0 bridgehead atoms. The van der Waals surface area contributed by atoms with Gasteiger partial charge < -0.3 is 9.73 Å². The number of rotatable bonds is 3. The number of furan rings is 1. The van der Waals surface area contributed by atoms with Gasteiger partial charge in [-0.2, -0.15) is 0 Å². The van der Waals surface area contributed by atoms with Crippen molar-refractivity contribution in [2.24, 2.45) is 0 Å². The lowest BCUT2D eigenvalue weighted by atomic mass is 10.2. The van der Waals surface area contributed by atoms with Crippen molar-refractivity contribution >= 4 is 50.8 Å². The number of nitrogens with zero attached hydrogens (tertiary/aromatic N) is 1. The molecule has 2 heterocycles. The summed E-state index contributed by atoms with van der Waals surface area (Å²) in [5.74, 6) is 0.883. The van der Waals surface area contributed by atoms with E-state index in [0.29, 0.717) is 11.6 Å². The van der Waals surface area contributed by atoms with Gasteiger partial charge in [-0.05, 0) is 52.9 Å². The molecule has 0 atom stereocenters. The topological polar surface area (TPSA) is 38.1 Å². The van der Waals surface area contributed by atoms with Crippen molar-refractivity contribution in [3.63, 3.8) is 0 Å². The van der Waals surface area contributed by atoms with E-state index in [1.165, 1.54) is 0 Å². The van der Waals surface area contributed by atoms with Crippen LogP contribution in [0, 0.1) is 3.77 Å². The number of hydrogen-bond donors (Lipinski definition) is 1. The minimum atomic E-state index is 0.606. The van der Waals surface area contributed by atoms with Crippen LogP contribution >= 0.6 is 34.2 Å². The summed E-state index contributed by atoms with van der Waals surface area (Å²) in [5, 5.41) is 5.03. The Kier molecular flexibility index (Phi) is 3.61. The second-order valence-corrected chi connectivity index (χ2v) is 5.59. The maximum absolute atomic E-state index is 6.12. The Morgan fingerprint density at radius 3 is 2.95 bits per heavy atom. The average molecular weight is 385 g/mol. The Bertz CT molecular complexity index is 726. The highest BCUT2D eigenvalue weighted by molar-refractivity contribution is 14.1. The Morgan fingerprint density at radius 2 is 2.16 bits per heavy atom. The molecule has 0 aliphatic carbocycles. The lowest BCUT2D eigenvalue weighted by Gasteiger charge is -2.08. The van der Waals surface area contributed by atoms with Crippen LogP contribution in [0.5, 0.6) is 0 Å². The molecule has 19 heavy (non-hydrogen) atoms. The van der Waals surface area contributed by atoms with Gasteiger partial charge in [0, 0.05) is 16.6 Å². The van der Waals surface area contributed by atoms with Crippen LogP contribution in [0.15, 0.2) is 47.0 Å². The van der Waals surface area contributed by atoms with Crippen LogP contribution in [0.1, 0.15) is 5.76 Å².